The van der Waals surface area contributed by atoms with E-state index in [2.05, 4.69) is 5.32 Å². The van der Waals surface area contributed by atoms with Crippen molar-refractivity contribution in [3.63, 3.8) is 0 Å². The van der Waals surface area contributed by atoms with E-state index in [4.69, 9.17) is 9.15 Å². The van der Waals surface area contributed by atoms with Crippen molar-refractivity contribution in [1.29, 1.82) is 0 Å². The van der Waals surface area contributed by atoms with Crippen LogP contribution >= 0.6 is 0 Å². The molecule has 0 fully saturated rings. The predicted molar refractivity (Wildman–Crippen MR) is 110 cm³/mol. The zero-order valence-electron chi connectivity index (χ0n) is 16.3. The summed E-state index contributed by atoms with van der Waals surface area (Å²) < 4.78 is 10.4. The Bertz CT molecular complexity index is 1060. The first-order chi connectivity index (χ1) is 14.3. The maximum Gasteiger partial charge on any atom is 0.374 e. The van der Waals surface area contributed by atoms with Gasteiger partial charge in [0.1, 0.15) is 5.76 Å². The molecule has 0 saturated carbocycles. The molecule has 1 N–H and O–H groups in total. The Morgan fingerprint density at radius 3 is 2.30 bits per heavy atom. The molecule has 30 heavy (non-hydrogen) atoms. The van der Waals surface area contributed by atoms with Crippen LogP contribution in [0.2, 0.25) is 0 Å². The van der Waals surface area contributed by atoms with Crippen molar-refractivity contribution in [3.05, 3.63) is 76.5 Å². The monoisotopic (exact) mass is 409 g/mol. The Labute approximate surface area is 172 Å². The Morgan fingerprint density at radius 1 is 1.03 bits per heavy atom. The van der Waals surface area contributed by atoms with Gasteiger partial charge in [-0.2, -0.15) is 0 Å². The van der Waals surface area contributed by atoms with E-state index >= 15 is 0 Å². The van der Waals surface area contributed by atoms with E-state index in [1.54, 1.807) is 18.2 Å². The molecule has 3 aromatic rings. The summed E-state index contributed by atoms with van der Waals surface area (Å²) in [5.41, 5.74) is 2.09. The molecule has 154 valence electrons. The van der Waals surface area contributed by atoms with Crippen molar-refractivity contribution in [3.8, 4) is 11.3 Å². The summed E-state index contributed by atoms with van der Waals surface area (Å²) in [5, 5.41) is 13.4. The molecule has 1 heterocycles. The number of nitro benzene ring substituents is 1. The molecular formula is C21H19N3O6. The highest BCUT2D eigenvalue weighted by atomic mass is 16.6. The summed E-state index contributed by atoms with van der Waals surface area (Å²) >= 11 is 0. The molecule has 0 radical (unpaired) electrons. The van der Waals surface area contributed by atoms with Crippen molar-refractivity contribution >= 4 is 28.9 Å². The molecule has 2 aromatic carbocycles. The molecule has 0 spiro atoms. The van der Waals surface area contributed by atoms with Gasteiger partial charge in [-0.15, -0.1) is 0 Å². The number of esters is 1. The Kier molecular flexibility index (Phi) is 6.11. The van der Waals surface area contributed by atoms with E-state index in [9.17, 15) is 19.7 Å². The van der Waals surface area contributed by atoms with E-state index in [0.29, 0.717) is 17.0 Å². The molecule has 0 bridgehead atoms. The van der Waals surface area contributed by atoms with Crippen LogP contribution in [0.3, 0.4) is 0 Å². The smallest absolute Gasteiger partial charge is 0.374 e. The largest absolute Gasteiger partial charge is 0.450 e. The first kappa shape index (κ1) is 20.6. The molecule has 0 saturated heterocycles. The summed E-state index contributed by atoms with van der Waals surface area (Å²) in [5.74, 6) is -1.00. The summed E-state index contributed by atoms with van der Waals surface area (Å²) in [4.78, 5) is 36.3. The quantitative estimate of drug-likeness (QED) is 0.359. The van der Waals surface area contributed by atoms with Crippen LogP contribution in [0.15, 0.2) is 65.1 Å². The van der Waals surface area contributed by atoms with Crippen LogP contribution in [-0.2, 0) is 9.53 Å². The molecule has 0 aliphatic rings. The van der Waals surface area contributed by atoms with Gasteiger partial charge in [0.15, 0.2) is 6.61 Å². The van der Waals surface area contributed by atoms with E-state index in [-0.39, 0.29) is 11.4 Å². The molecule has 3 rings (SSSR count). The van der Waals surface area contributed by atoms with Crippen LogP contribution < -0.4 is 10.2 Å². The summed E-state index contributed by atoms with van der Waals surface area (Å²) in [6, 6.07) is 15.9. The predicted octanol–water partition coefficient (Wildman–Crippen LogP) is 3.72. The van der Waals surface area contributed by atoms with Gasteiger partial charge >= 0.3 is 5.97 Å². The van der Waals surface area contributed by atoms with Gasteiger partial charge < -0.3 is 19.4 Å². The number of nitrogens with one attached hydrogen (secondary N) is 1. The number of ether oxygens (including phenoxy) is 1. The fraction of sp³-hybridized carbons (Fsp3) is 0.143. The minimum Gasteiger partial charge on any atom is -0.450 e. The minimum absolute atomic E-state index is 0.0488. The number of hydrogen-bond acceptors (Lipinski definition) is 7. The first-order valence-electron chi connectivity index (χ1n) is 8.92. The van der Waals surface area contributed by atoms with E-state index in [0.717, 1.165) is 5.69 Å². The van der Waals surface area contributed by atoms with E-state index in [1.807, 2.05) is 31.1 Å². The highest BCUT2D eigenvalue weighted by Crippen LogP contribution is 2.25. The zero-order valence-corrected chi connectivity index (χ0v) is 16.3. The van der Waals surface area contributed by atoms with E-state index in [1.165, 1.54) is 30.3 Å². The number of non-ortho nitro benzene ring substituents is 1. The first-order valence-corrected chi connectivity index (χ1v) is 8.92. The average molecular weight is 409 g/mol. The number of anilines is 2. The molecule has 0 atom stereocenters. The molecular weight excluding hydrogens is 390 g/mol. The third-order valence-corrected chi connectivity index (χ3v) is 4.17. The fourth-order valence-corrected chi connectivity index (χ4v) is 2.59. The number of hydrogen-bond donors (Lipinski definition) is 1. The molecule has 1 amide bonds. The highest BCUT2D eigenvalue weighted by molar-refractivity contribution is 5.94. The molecule has 9 heteroatoms. The summed E-state index contributed by atoms with van der Waals surface area (Å²) in [6.07, 6.45) is 0. The second kappa shape index (κ2) is 8.91. The van der Waals surface area contributed by atoms with Crippen molar-refractivity contribution in [2.24, 2.45) is 0 Å². The van der Waals surface area contributed by atoms with Crippen molar-refractivity contribution in [2.45, 2.75) is 0 Å². The van der Waals surface area contributed by atoms with Crippen LogP contribution in [0.25, 0.3) is 11.3 Å². The van der Waals surface area contributed by atoms with Gasteiger partial charge in [-0.05, 0) is 48.5 Å². The number of nitro groups is 1. The number of carbonyl (C=O) groups is 2. The summed E-state index contributed by atoms with van der Waals surface area (Å²) in [6.45, 7) is -0.470. The van der Waals surface area contributed by atoms with Gasteiger partial charge in [0.05, 0.1) is 4.92 Å². The van der Waals surface area contributed by atoms with Crippen molar-refractivity contribution in [1.82, 2.24) is 0 Å². The standard InChI is InChI=1S/C21H19N3O6/c1-23(2)16-9-5-15(6-10-16)22-20(25)13-29-21(26)19-12-11-18(30-19)14-3-7-17(8-4-14)24(27)28/h3-12H,13H2,1-2H3,(H,22,25). The number of nitrogens with zero attached hydrogens (tertiary/aromatic N) is 2. The lowest BCUT2D eigenvalue weighted by Gasteiger charge is -2.13. The number of rotatable bonds is 7. The second-order valence-corrected chi connectivity index (χ2v) is 6.53. The Morgan fingerprint density at radius 2 is 1.70 bits per heavy atom. The van der Waals surface area contributed by atoms with Crippen molar-refractivity contribution < 1.29 is 23.7 Å². The van der Waals surface area contributed by atoms with Gasteiger partial charge in [0, 0.05) is 43.2 Å². The normalized spacial score (nSPS) is 10.3. The Hall–Kier alpha value is -4.14. The topological polar surface area (TPSA) is 115 Å². The Balaban J connectivity index is 1.55. The number of amides is 1. The van der Waals surface area contributed by atoms with Crippen LogP contribution in [-0.4, -0.2) is 37.5 Å². The van der Waals surface area contributed by atoms with Crippen LogP contribution in [0.1, 0.15) is 10.6 Å². The lowest BCUT2D eigenvalue weighted by Crippen LogP contribution is -2.20. The van der Waals surface area contributed by atoms with E-state index < -0.39 is 23.4 Å². The lowest BCUT2D eigenvalue weighted by molar-refractivity contribution is -0.384. The average Bonchev–Trinajstić information content (AvgIpc) is 3.23. The zero-order chi connectivity index (χ0) is 21.7. The molecule has 1 aromatic heterocycles. The van der Waals surface area contributed by atoms with Gasteiger partial charge in [0.25, 0.3) is 11.6 Å². The van der Waals surface area contributed by atoms with Gasteiger partial charge in [-0.1, -0.05) is 0 Å². The third-order valence-electron chi connectivity index (χ3n) is 4.17. The van der Waals surface area contributed by atoms with Crippen LogP contribution in [0.4, 0.5) is 17.1 Å². The molecule has 0 aliphatic carbocycles. The fourth-order valence-electron chi connectivity index (χ4n) is 2.59. The van der Waals surface area contributed by atoms with Gasteiger partial charge in [-0.25, -0.2) is 4.79 Å². The lowest BCUT2D eigenvalue weighted by atomic mass is 10.1. The third kappa shape index (κ3) is 5.02. The number of furan rings is 1. The van der Waals surface area contributed by atoms with Crippen LogP contribution in [0, 0.1) is 10.1 Å². The van der Waals surface area contributed by atoms with Gasteiger partial charge in [0.2, 0.25) is 5.76 Å². The van der Waals surface area contributed by atoms with Crippen LogP contribution in [0.5, 0.6) is 0 Å². The maximum atomic E-state index is 12.1. The highest BCUT2D eigenvalue weighted by Gasteiger charge is 2.16. The maximum absolute atomic E-state index is 12.1. The van der Waals surface area contributed by atoms with Crippen molar-refractivity contribution in [2.75, 3.05) is 30.9 Å². The number of carbonyl (C=O) groups excluding carboxylic acids is 2. The van der Waals surface area contributed by atoms with Gasteiger partial charge in [-0.3, -0.25) is 14.9 Å². The molecule has 0 aliphatic heterocycles. The summed E-state index contributed by atoms with van der Waals surface area (Å²) in [7, 11) is 3.82. The SMILES string of the molecule is CN(C)c1ccc(NC(=O)COC(=O)c2ccc(-c3ccc([N+](=O)[O-])cc3)o2)cc1. The minimum atomic E-state index is -0.790. The number of benzene rings is 2. The second-order valence-electron chi connectivity index (χ2n) is 6.53. The molecule has 0 unspecified atom stereocenters. The molecule has 9 nitrogen and oxygen atoms in total.